The van der Waals surface area contributed by atoms with Gasteiger partial charge < -0.3 is 15.4 Å². The van der Waals surface area contributed by atoms with Gasteiger partial charge in [-0.05, 0) is 49.7 Å². The molecule has 1 aromatic rings. The van der Waals surface area contributed by atoms with Crippen LogP contribution in [0.2, 0.25) is 0 Å². The third-order valence-electron chi connectivity index (χ3n) is 3.70. The van der Waals surface area contributed by atoms with E-state index in [1.54, 1.807) is 7.11 Å². The molecule has 2 N–H and O–H groups in total. The second-order valence-electron chi connectivity index (χ2n) is 4.84. The van der Waals surface area contributed by atoms with E-state index in [1.807, 2.05) is 6.07 Å². The summed E-state index contributed by atoms with van der Waals surface area (Å²) in [4.78, 5) is 2.37. The average molecular weight is 234 g/mol. The highest BCUT2D eigenvalue weighted by molar-refractivity contribution is 5.42. The summed E-state index contributed by atoms with van der Waals surface area (Å²) in [6.07, 6.45) is 2.22. The van der Waals surface area contributed by atoms with Gasteiger partial charge in [0.05, 0.1) is 7.11 Å². The van der Waals surface area contributed by atoms with Gasteiger partial charge in [0.1, 0.15) is 5.75 Å². The molecule has 2 rings (SSSR count). The molecule has 0 aromatic heterocycles. The Hall–Kier alpha value is -1.06. The van der Waals surface area contributed by atoms with Crippen molar-refractivity contribution in [1.29, 1.82) is 0 Å². The monoisotopic (exact) mass is 234 g/mol. The summed E-state index contributed by atoms with van der Waals surface area (Å²) in [5.41, 5.74) is 8.96. The van der Waals surface area contributed by atoms with E-state index in [4.69, 9.17) is 10.5 Å². The minimum atomic E-state index is 0.108. The van der Waals surface area contributed by atoms with Gasteiger partial charge in [0.25, 0.3) is 0 Å². The van der Waals surface area contributed by atoms with Crippen molar-refractivity contribution >= 4 is 0 Å². The van der Waals surface area contributed by atoms with Gasteiger partial charge in [0.15, 0.2) is 0 Å². The maximum atomic E-state index is 6.35. The Morgan fingerprint density at radius 1 is 1.47 bits per heavy atom. The highest BCUT2D eigenvalue weighted by Crippen LogP contribution is 2.34. The molecule has 1 aliphatic carbocycles. The predicted molar refractivity (Wildman–Crippen MR) is 70.3 cm³/mol. The fourth-order valence-electron chi connectivity index (χ4n) is 2.70. The molecule has 2 unspecified atom stereocenters. The van der Waals surface area contributed by atoms with Crippen LogP contribution in [0, 0.1) is 0 Å². The van der Waals surface area contributed by atoms with Gasteiger partial charge in [-0.1, -0.05) is 13.0 Å². The number of ether oxygens (including phenoxy) is 1. The van der Waals surface area contributed by atoms with Crippen molar-refractivity contribution in [3.05, 3.63) is 29.3 Å². The molecule has 1 aromatic carbocycles. The standard InChI is InChI=1S/C14H22N2O/c1-4-7-16(2)13-8-10-5-6-11(17-3)9-12(10)14(13)15/h5-6,9,13-14H,4,7-8,15H2,1-3H3. The Morgan fingerprint density at radius 3 is 2.88 bits per heavy atom. The number of nitrogens with two attached hydrogens (primary N) is 1. The van der Waals surface area contributed by atoms with Crippen molar-refractivity contribution in [2.24, 2.45) is 5.73 Å². The Labute approximate surface area is 104 Å². The molecule has 0 radical (unpaired) electrons. The first-order valence-corrected chi connectivity index (χ1v) is 6.30. The summed E-state index contributed by atoms with van der Waals surface area (Å²) in [5.74, 6) is 0.901. The van der Waals surface area contributed by atoms with E-state index in [0.29, 0.717) is 6.04 Å². The number of likely N-dealkylation sites (N-methyl/N-ethyl adjacent to an activating group) is 1. The van der Waals surface area contributed by atoms with E-state index >= 15 is 0 Å². The second-order valence-corrected chi connectivity index (χ2v) is 4.84. The average Bonchev–Trinajstić information content (AvgIpc) is 2.67. The number of methoxy groups -OCH3 is 1. The molecule has 0 fully saturated rings. The highest BCUT2D eigenvalue weighted by Gasteiger charge is 2.32. The van der Waals surface area contributed by atoms with Gasteiger partial charge >= 0.3 is 0 Å². The summed E-state index contributed by atoms with van der Waals surface area (Å²) >= 11 is 0. The third kappa shape index (κ3) is 2.31. The number of nitrogens with zero attached hydrogens (tertiary/aromatic N) is 1. The zero-order valence-electron chi connectivity index (χ0n) is 10.9. The number of hydrogen-bond acceptors (Lipinski definition) is 3. The van der Waals surface area contributed by atoms with Gasteiger partial charge in [-0.15, -0.1) is 0 Å². The van der Waals surface area contributed by atoms with Crippen molar-refractivity contribution in [3.8, 4) is 5.75 Å². The first kappa shape index (κ1) is 12.4. The van der Waals surface area contributed by atoms with Crippen molar-refractivity contribution < 1.29 is 4.74 Å². The fourth-order valence-corrected chi connectivity index (χ4v) is 2.70. The summed E-state index contributed by atoms with van der Waals surface area (Å²) in [5, 5.41) is 0. The Kier molecular flexibility index (Phi) is 3.69. The molecule has 94 valence electrons. The zero-order chi connectivity index (χ0) is 12.4. The van der Waals surface area contributed by atoms with Crippen LogP contribution < -0.4 is 10.5 Å². The lowest BCUT2D eigenvalue weighted by molar-refractivity contribution is 0.223. The second kappa shape index (κ2) is 5.07. The summed E-state index contributed by atoms with van der Waals surface area (Å²) in [7, 11) is 3.86. The molecular formula is C14H22N2O. The molecule has 0 aliphatic heterocycles. The van der Waals surface area contributed by atoms with Crippen LogP contribution in [-0.4, -0.2) is 31.6 Å². The Balaban J connectivity index is 2.20. The normalized spacial score (nSPS) is 22.9. The van der Waals surface area contributed by atoms with Crippen LogP contribution in [0.5, 0.6) is 5.75 Å². The Bertz CT molecular complexity index is 392. The molecule has 0 heterocycles. The molecule has 2 atom stereocenters. The number of rotatable bonds is 4. The predicted octanol–water partition coefficient (Wildman–Crippen LogP) is 1.96. The minimum absolute atomic E-state index is 0.108. The van der Waals surface area contributed by atoms with Gasteiger partial charge in [-0.2, -0.15) is 0 Å². The van der Waals surface area contributed by atoms with Crippen LogP contribution in [0.1, 0.15) is 30.5 Å². The van der Waals surface area contributed by atoms with Gasteiger partial charge in [-0.3, -0.25) is 0 Å². The van der Waals surface area contributed by atoms with E-state index in [2.05, 4.69) is 31.0 Å². The fraction of sp³-hybridized carbons (Fsp3) is 0.571. The molecule has 1 aliphatic rings. The van der Waals surface area contributed by atoms with E-state index in [1.165, 1.54) is 17.5 Å². The molecule has 0 saturated heterocycles. The summed E-state index contributed by atoms with van der Waals surface area (Å²) < 4.78 is 5.26. The first-order valence-electron chi connectivity index (χ1n) is 6.30. The number of hydrogen-bond donors (Lipinski definition) is 1. The quantitative estimate of drug-likeness (QED) is 0.865. The van der Waals surface area contributed by atoms with Gasteiger partial charge in [-0.25, -0.2) is 0 Å². The smallest absolute Gasteiger partial charge is 0.119 e. The molecule has 17 heavy (non-hydrogen) atoms. The lowest BCUT2D eigenvalue weighted by atomic mass is 10.1. The number of benzene rings is 1. The number of fused-ring (bicyclic) bond motifs is 1. The van der Waals surface area contributed by atoms with Crippen molar-refractivity contribution in [2.75, 3.05) is 20.7 Å². The molecule has 3 heteroatoms. The van der Waals surface area contributed by atoms with Crippen molar-refractivity contribution in [3.63, 3.8) is 0 Å². The van der Waals surface area contributed by atoms with Crippen LogP contribution >= 0.6 is 0 Å². The van der Waals surface area contributed by atoms with E-state index < -0.39 is 0 Å². The molecule has 0 spiro atoms. The van der Waals surface area contributed by atoms with Crippen LogP contribution in [0.3, 0.4) is 0 Å². The Morgan fingerprint density at radius 2 is 2.24 bits per heavy atom. The topological polar surface area (TPSA) is 38.5 Å². The molecule has 0 saturated carbocycles. The maximum absolute atomic E-state index is 6.35. The maximum Gasteiger partial charge on any atom is 0.119 e. The van der Waals surface area contributed by atoms with Crippen molar-refractivity contribution in [1.82, 2.24) is 4.90 Å². The highest BCUT2D eigenvalue weighted by atomic mass is 16.5. The third-order valence-corrected chi connectivity index (χ3v) is 3.70. The van der Waals surface area contributed by atoms with Gasteiger partial charge in [0.2, 0.25) is 0 Å². The summed E-state index contributed by atoms with van der Waals surface area (Å²) in [6, 6.07) is 6.79. The van der Waals surface area contributed by atoms with Crippen LogP contribution in [0.25, 0.3) is 0 Å². The van der Waals surface area contributed by atoms with E-state index in [0.717, 1.165) is 18.7 Å². The van der Waals surface area contributed by atoms with E-state index in [-0.39, 0.29) is 6.04 Å². The molecule has 0 bridgehead atoms. The SMILES string of the molecule is CCCN(C)C1Cc2ccc(OC)cc2C1N. The van der Waals surface area contributed by atoms with Crippen LogP contribution in [0.15, 0.2) is 18.2 Å². The molecular weight excluding hydrogens is 212 g/mol. The first-order chi connectivity index (χ1) is 8.17. The lowest BCUT2D eigenvalue weighted by Crippen LogP contribution is -2.38. The van der Waals surface area contributed by atoms with Gasteiger partial charge in [0, 0.05) is 12.1 Å². The lowest BCUT2D eigenvalue weighted by Gasteiger charge is -2.27. The zero-order valence-corrected chi connectivity index (χ0v) is 10.9. The molecule has 3 nitrogen and oxygen atoms in total. The largest absolute Gasteiger partial charge is 0.497 e. The van der Waals surface area contributed by atoms with Crippen LogP contribution in [0.4, 0.5) is 0 Å². The molecule has 0 amide bonds. The van der Waals surface area contributed by atoms with Crippen LogP contribution in [-0.2, 0) is 6.42 Å². The summed E-state index contributed by atoms with van der Waals surface area (Å²) in [6.45, 7) is 3.30. The minimum Gasteiger partial charge on any atom is -0.497 e. The van der Waals surface area contributed by atoms with E-state index in [9.17, 15) is 0 Å². The van der Waals surface area contributed by atoms with Crippen molar-refractivity contribution in [2.45, 2.75) is 31.8 Å².